The summed E-state index contributed by atoms with van der Waals surface area (Å²) in [4.78, 5) is 0. The SMILES string of the molecule is Cc1cc(N)c(Cl)cc1OC(C)C(C)C. The van der Waals surface area contributed by atoms with E-state index in [9.17, 15) is 0 Å². The Kier molecular flexibility index (Phi) is 3.86. The highest BCUT2D eigenvalue weighted by molar-refractivity contribution is 6.33. The standard InChI is InChI=1S/C12H18ClNO/c1-7(2)9(4)15-12-6-10(13)11(14)5-8(12)3/h5-7,9H,14H2,1-4H3. The summed E-state index contributed by atoms with van der Waals surface area (Å²) in [5, 5.41) is 0.548. The number of halogens is 1. The number of rotatable bonds is 3. The summed E-state index contributed by atoms with van der Waals surface area (Å²) in [6.45, 7) is 8.27. The molecule has 3 heteroatoms. The van der Waals surface area contributed by atoms with Gasteiger partial charge in [-0.1, -0.05) is 25.4 Å². The van der Waals surface area contributed by atoms with Gasteiger partial charge in [-0.25, -0.2) is 0 Å². The highest BCUT2D eigenvalue weighted by Crippen LogP contribution is 2.29. The molecule has 0 aliphatic carbocycles. The predicted octanol–water partition coefficient (Wildman–Crippen LogP) is 3.65. The van der Waals surface area contributed by atoms with Gasteiger partial charge in [0.15, 0.2) is 0 Å². The lowest BCUT2D eigenvalue weighted by molar-refractivity contribution is 0.169. The Morgan fingerprint density at radius 2 is 1.87 bits per heavy atom. The molecule has 1 aromatic rings. The maximum atomic E-state index is 5.94. The number of nitrogen functional groups attached to an aromatic ring is 1. The van der Waals surface area contributed by atoms with E-state index in [1.807, 2.05) is 19.9 Å². The highest BCUT2D eigenvalue weighted by Gasteiger charge is 2.11. The molecule has 0 aliphatic heterocycles. The molecule has 0 radical (unpaired) electrons. The summed E-state index contributed by atoms with van der Waals surface area (Å²) in [5.74, 6) is 1.29. The van der Waals surface area contributed by atoms with Crippen molar-refractivity contribution in [2.24, 2.45) is 5.92 Å². The summed E-state index contributed by atoms with van der Waals surface area (Å²) < 4.78 is 5.80. The molecule has 1 aromatic carbocycles. The zero-order chi connectivity index (χ0) is 11.6. The Labute approximate surface area is 96.4 Å². The van der Waals surface area contributed by atoms with Crippen molar-refractivity contribution in [3.63, 3.8) is 0 Å². The molecule has 0 bridgehead atoms. The van der Waals surface area contributed by atoms with Crippen molar-refractivity contribution in [1.82, 2.24) is 0 Å². The third-order valence-electron chi connectivity index (χ3n) is 2.55. The predicted molar refractivity (Wildman–Crippen MR) is 65.5 cm³/mol. The largest absolute Gasteiger partial charge is 0.490 e. The van der Waals surface area contributed by atoms with Crippen LogP contribution in [0.15, 0.2) is 12.1 Å². The number of aryl methyl sites for hydroxylation is 1. The summed E-state index contributed by atoms with van der Waals surface area (Å²) in [6.07, 6.45) is 0.170. The summed E-state index contributed by atoms with van der Waals surface area (Å²) in [6, 6.07) is 3.62. The zero-order valence-electron chi connectivity index (χ0n) is 9.67. The molecule has 1 rings (SSSR count). The Morgan fingerprint density at radius 3 is 2.40 bits per heavy atom. The third kappa shape index (κ3) is 3.03. The fourth-order valence-corrected chi connectivity index (χ4v) is 1.30. The van der Waals surface area contributed by atoms with Crippen LogP contribution in [0.1, 0.15) is 26.3 Å². The van der Waals surface area contributed by atoms with E-state index in [0.717, 1.165) is 11.3 Å². The van der Waals surface area contributed by atoms with E-state index in [1.165, 1.54) is 0 Å². The second kappa shape index (κ2) is 4.75. The lowest BCUT2D eigenvalue weighted by atomic mass is 10.1. The molecular formula is C12H18ClNO. The number of hydrogen-bond donors (Lipinski definition) is 1. The maximum absolute atomic E-state index is 5.94. The van der Waals surface area contributed by atoms with Gasteiger partial charge >= 0.3 is 0 Å². The van der Waals surface area contributed by atoms with Crippen molar-refractivity contribution in [1.29, 1.82) is 0 Å². The van der Waals surface area contributed by atoms with Crippen molar-refractivity contribution >= 4 is 17.3 Å². The van der Waals surface area contributed by atoms with Crippen molar-refractivity contribution < 1.29 is 4.74 Å². The van der Waals surface area contributed by atoms with Gasteiger partial charge in [0.1, 0.15) is 5.75 Å². The van der Waals surface area contributed by atoms with Gasteiger partial charge in [0.25, 0.3) is 0 Å². The van der Waals surface area contributed by atoms with Gasteiger partial charge in [-0.2, -0.15) is 0 Å². The molecule has 0 aromatic heterocycles. The molecular weight excluding hydrogens is 210 g/mol. The first kappa shape index (κ1) is 12.2. The lowest BCUT2D eigenvalue weighted by Gasteiger charge is -2.20. The van der Waals surface area contributed by atoms with E-state index in [1.54, 1.807) is 6.07 Å². The topological polar surface area (TPSA) is 35.2 Å². The molecule has 0 saturated carbocycles. The van der Waals surface area contributed by atoms with Gasteiger partial charge < -0.3 is 10.5 Å². The quantitative estimate of drug-likeness (QED) is 0.800. The number of hydrogen-bond acceptors (Lipinski definition) is 2. The molecule has 2 nitrogen and oxygen atoms in total. The van der Waals surface area contributed by atoms with E-state index >= 15 is 0 Å². The molecule has 0 amide bonds. The van der Waals surface area contributed by atoms with Gasteiger partial charge in [-0.3, -0.25) is 0 Å². The fraction of sp³-hybridized carbons (Fsp3) is 0.500. The van der Waals surface area contributed by atoms with E-state index in [0.29, 0.717) is 16.6 Å². The van der Waals surface area contributed by atoms with Crippen LogP contribution < -0.4 is 10.5 Å². The van der Waals surface area contributed by atoms with Crippen LogP contribution >= 0.6 is 11.6 Å². The number of anilines is 1. The minimum Gasteiger partial charge on any atom is -0.490 e. The Hall–Kier alpha value is -0.890. The molecule has 0 saturated heterocycles. The molecule has 0 aliphatic rings. The van der Waals surface area contributed by atoms with Crippen LogP contribution in [-0.4, -0.2) is 6.10 Å². The highest BCUT2D eigenvalue weighted by atomic mass is 35.5. The van der Waals surface area contributed by atoms with E-state index in [2.05, 4.69) is 13.8 Å². The van der Waals surface area contributed by atoms with Crippen LogP contribution in [0.5, 0.6) is 5.75 Å². The summed E-state index contributed by atoms with van der Waals surface area (Å²) in [7, 11) is 0. The minimum absolute atomic E-state index is 0.170. The van der Waals surface area contributed by atoms with Crippen LogP contribution in [-0.2, 0) is 0 Å². The molecule has 0 spiro atoms. The van der Waals surface area contributed by atoms with Gasteiger partial charge in [-0.05, 0) is 31.4 Å². The molecule has 84 valence electrons. The van der Waals surface area contributed by atoms with Gasteiger partial charge in [-0.15, -0.1) is 0 Å². The summed E-state index contributed by atoms with van der Waals surface area (Å²) >= 11 is 5.94. The van der Waals surface area contributed by atoms with Crippen molar-refractivity contribution in [2.45, 2.75) is 33.8 Å². The molecule has 2 N–H and O–H groups in total. The van der Waals surface area contributed by atoms with Crippen LogP contribution in [0.2, 0.25) is 5.02 Å². The fourth-order valence-electron chi connectivity index (χ4n) is 1.15. The summed E-state index contributed by atoms with van der Waals surface area (Å²) in [5.41, 5.74) is 7.31. The number of nitrogens with two attached hydrogens (primary N) is 1. The Bertz CT molecular complexity index is 350. The molecule has 15 heavy (non-hydrogen) atoms. The average molecular weight is 228 g/mol. The van der Waals surface area contributed by atoms with Crippen molar-refractivity contribution in [3.8, 4) is 5.75 Å². The average Bonchev–Trinajstić information content (AvgIpc) is 2.13. The zero-order valence-corrected chi connectivity index (χ0v) is 10.4. The maximum Gasteiger partial charge on any atom is 0.124 e. The normalized spacial score (nSPS) is 12.9. The third-order valence-corrected chi connectivity index (χ3v) is 2.87. The van der Waals surface area contributed by atoms with Crippen LogP contribution in [0.25, 0.3) is 0 Å². The van der Waals surface area contributed by atoms with Gasteiger partial charge in [0.2, 0.25) is 0 Å². The van der Waals surface area contributed by atoms with Crippen molar-refractivity contribution in [3.05, 3.63) is 22.7 Å². The van der Waals surface area contributed by atoms with Crippen LogP contribution in [0.3, 0.4) is 0 Å². The smallest absolute Gasteiger partial charge is 0.124 e. The second-order valence-corrected chi connectivity index (χ2v) is 4.61. The van der Waals surface area contributed by atoms with E-state index in [-0.39, 0.29) is 6.10 Å². The second-order valence-electron chi connectivity index (χ2n) is 4.21. The molecule has 1 unspecified atom stereocenters. The minimum atomic E-state index is 0.170. The van der Waals surface area contributed by atoms with Gasteiger partial charge in [0.05, 0.1) is 16.8 Å². The lowest BCUT2D eigenvalue weighted by Crippen LogP contribution is -2.19. The van der Waals surface area contributed by atoms with E-state index < -0.39 is 0 Å². The monoisotopic (exact) mass is 227 g/mol. The van der Waals surface area contributed by atoms with Crippen LogP contribution in [0.4, 0.5) is 5.69 Å². The number of ether oxygens (including phenoxy) is 1. The Morgan fingerprint density at radius 1 is 1.27 bits per heavy atom. The Balaban J connectivity index is 2.91. The van der Waals surface area contributed by atoms with E-state index in [4.69, 9.17) is 22.1 Å². The van der Waals surface area contributed by atoms with Crippen LogP contribution in [0, 0.1) is 12.8 Å². The first-order valence-corrected chi connectivity index (χ1v) is 5.52. The first-order valence-electron chi connectivity index (χ1n) is 5.14. The number of benzene rings is 1. The molecule has 0 fully saturated rings. The first-order chi connectivity index (χ1) is 6.91. The van der Waals surface area contributed by atoms with Crippen molar-refractivity contribution in [2.75, 3.05) is 5.73 Å². The molecule has 1 atom stereocenters. The van der Waals surface area contributed by atoms with Gasteiger partial charge in [0, 0.05) is 6.07 Å². The molecule has 0 heterocycles.